The van der Waals surface area contributed by atoms with E-state index in [0.717, 1.165) is 16.8 Å². The van der Waals surface area contributed by atoms with Crippen molar-refractivity contribution in [3.8, 4) is 0 Å². The molecule has 1 N–H and O–H groups in total. The Morgan fingerprint density at radius 1 is 1.57 bits per heavy atom. The normalized spacial score (nSPS) is 12.4. The Morgan fingerprint density at radius 2 is 2.14 bits per heavy atom. The van der Waals surface area contributed by atoms with Crippen molar-refractivity contribution < 1.29 is 14.3 Å². The summed E-state index contributed by atoms with van der Waals surface area (Å²) in [7, 11) is 1.28. The Hall–Kier alpha value is -1.92. The number of nitrogens with zero attached hydrogens (tertiary/aromatic N) is 2. The minimum atomic E-state index is -2.65. The predicted octanol–water partition coefficient (Wildman–Crippen LogP) is -0.900. The molecule has 0 saturated carbocycles. The first-order valence-corrected chi connectivity index (χ1v) is 3.60. The lowest BCUT2D eigenvalue weighted by molar-refractivity contribution is -0.146. The fourth-order valence-corrected chi connectivity index (χ4v) is 0.903. The van der Waals surface area contributed by atoms with Crippen molar-refractivity contribution in [2.45, 2.75) is 6.30 Å². The lowest BCUT2D eigenvalue weighted by Gasteiger charge is -2.06. The maximum Gasteiger partial charge on any atom is 0.360 e. The number of hydrogen-bond acceptors (Lipinski definition) is 3. The van der Waals surface area contributed by atoms with Crippen molar-refractivity contribution in [3.05, 3.63) is 33.1 Å². The largest absolute Gasteiger partial charge is 0.478 e. The molecule has 0 aliphatic rings. The highest BCUT2D eigenvalue weighted by Gasteiger charge is 2.21. The first-order chi connectivity index (χ1) is 6.45. The molecule has 1 heterocycles. The van der Waals surface area contributed by atoms with Crippen molar-refractivity contribution in [2.24, 2.45) is 7.05 Å². The van der Waals surface area contributed by atoms with Crippen LogP contribution in [0.4, 0.5) is 4.39 Å². The number of rotatable bonds is 2. The van der Waals surface area contributed by atoms with Crippen molar-refractivity contribution in [1.82, 2.24) is 9.13 Å². The van der Waals surface area contributed by atoms with E-state index in [1.807, 2.05) is 0 Å². The molecule has 0 aliphatic carbocycles. The molecular weight excluding hydrogens is 195 g/mol. The van der Waals surface area contributed by atoms with Crippen molar-refractivity contribution in [2.75, 3.05) is 0 Å². The lowest BCUT2D eigenvalue weighted by atomic mass is 10.5. The third kappa shape index (κ3) is 1.56. The summed E-state index contributed by atoms with van der Waals surface area (Å²) in [5.41, 5.74) is -1.99. The van der Waals surface area contributed by atoms with E-state index in [-0.39, 0.29) is 4.57 Å². The molecule has 1 aromatic rings. The summed E-state index contributed by atoms with van der Waals surface area (Å²) in [6.45, 7) is 0. The summed E-state index contributed by atoms with van der Waals surface area (Å²) in [6.07, 6.45) is -1.52. The van der Waals surface area contributed by atoms with Gasteiger partial charge in [0.2, 0.25) is 0 Å². The second-order valence-corrected chi connectivity index (χ2v) is 2.59. The lowest BCUT2D eigenvalue weighted by Crippen LogP contribution is -2.41. The average Bonchev–Trinajstić information content (AvgIpc) is 2.12. The number of halogens is 1. The maximum absolute atomic E-state index is 12.9. The molecule has 1 unspecified atom stereocenters. The quantitative estimate of drug-likeness (QED) is 0.673. The van der Waals surface area contributed by atoms with Gasteiger partial charge in [-0.1, -0.05) is 0 Å². The van der Waals surface area contributed by atoms with Gasteiger partial charge in [0.25, 0.3) is 11.9 Å². The van der Waals surface area contributed by atoms with Crippen LogP contribution in [-0.2, 0) is 11.8 Å². The van der Waals surface area contributed by atoms with E-state index in [1.165, 1.54) is 7.05 Å². The third-order valence-electron chi connectivity index (χ3n) is 1.62. The molecule has 0 bridgehead atoms. The van der Waals surface area contributed by atoms with Gasteiger partial charge in [-0.15, -0.1) is 0 Å². The highest BCUT2D eigenvalue weighted by atomic mass is 19.1. The predicted molar refractivity (Wildman–Crippen MR) is 43.7 cm³/mol. The van der Waals surface area contributed by atoms with E-state index in [2.05, 4.69) is 0 Å². The monoisotopic (exact) mass is 202 g/mol. The third-order valence-corrected chi connectivity index (χ3v) is 1.62. The molecule has 6 nitrogen and oxygen atoms in total. The number of carboxylic acid groups (broad SMARTS) is 1. The van der Waals surface area contributed by atoms with Crippen LogP contribution in [0.1, 0.15) is 6.30 Å². The first kappa shape index (κ1) is 10.2. The highest BCUT2D eigenvalue weighted by Crippen LogP contribution is 2.00. The van der Waals surface area contributed by atoms with E-state index in [9.17, 15) is 18.8 Å². The zero-order chi connectivity index (χ0) is 10.9. The van der Waals surface area contributed by atoms with Gasteiger partial charge in [0.1, 0.15) is 0 Å². The Balaban J connectivity index is 3.48. The number of alkyl halides is 1. The van der Waals surface area contributed by atoms with Crippen molar-refractivity contribution in [3.63, 3.8) is 0 Å². The molecule has 0 aromatic carbocycles. The number of aromatic nitrogens is 2. The van der Waals surface area contributed by atoms with Gasteiger partial charge < -0.3 is 9.67 Å². The van der Waals surface area contributed by atoms with Gasteiger partial charge in [0.05, 0.1) is 0 Å². The van der Waals surface area contributed by atoms with E-state index in [0.29, 0.717) is 0 Å². The summed E-state index contributed by atoms with van der Waals surface area (Å²) in [6, 6.07) is 0.914. The molecule has 0 radical (unpaired) electrons. The molecule has 14 heavy (non-hydrogen) atoms. The topological polar surface area (TPSA) is 81.3 Å². The fourth-order valence-electron chi connectivity index (χ4n) is 0.903. The van der Waals surface area contributed by atoms with Crippen LogP contribution in [0.2, 0.25) is 0 Å². The highest BCUT2D eigenvalue weighted by molar-refractivity contribution is 5.70. The second kappa shape index (κ2) is 3.44. The van der Waals surface area contributed by atoms with Crippen molar-refractivity contribution >= 4 is 5.97 Å². The van der Waals surface area contributed by atoms with E-state index in [4.69, 9.17) is 5.11 Å². The van der Waals surface area contributed by atoms with E-state index in [1.54, 1.807) is 0 Å². The van der Waals surface area contributed by atoms with E-state index >= 15 is 0 Å². The molecule has 1 rings (SSSR count). The van der Waals surface area contributed by atoms with Crippen LogP contribution in [0.15, 0.2) is 21.9 Å². The minimum absolute atomic E-state index is 0.0301. The molecule has 0 saturated heterocycles. The number of hydrogen-bond donors (Lipinski definition) is 1. The van der Waals surface area contributed by atoms with Gasteiger partial charge in [0, 0.05) is 19.3 Å². The maximum atomic E-state index is 12.9. The summed E-state index contributed by atoms with van der Waals surface area (Å²) in [4.78, 5) is 32.4. The fraction of sp³-hybridized carbons (Fsp3) is 0.286. The van der Waals surface area contributed by atoms with E-state index < -0.39 is 23.5 Å². The smallest absolute Gasteiger partial charge is 0.360 e. The Labute approximate surface area is 76.8 Å². The van der Waals surface area contributed by atoms with Gasteiger partial charge >= 0.3 is 11.7 Å². The summed E-state index contributed by atoms with van der Waals surface area (Å²) in [5, 5.41) is 8.29. The first-order valence-electron chi connectivity index (χ1n) is 3.60. The Morgan fingerprint density at radius 3 is 2.64 bits per heavy atom. The standard InChI is InChI=1S/C7H7FN2O4/c1-9-3-2-4(11)10(7(9)14)5(8)6(12)13/h2-3,5H,1H3,(H,12,13). The van der Waals surface area contributed by atoms with Crippen LogP contribution in [0.5, 0.6) is 0 Å². The number of carbonyl (C=O) groups is 1. The Kier molecular flexibility index (Phi) is 2.50. The minimum Gasteiger partial charge on any atom is -0.478 e. The van der Waals surface area contributed by atoms with Gasteiger partial charge in [0.15, 0.2) is 0 Å². The van der Waals surface area contributed by atoms with Crippen LogP contribution in [0.3, 0.4) is 0 Å². The average molecular weight is 202 g/mol. The van der Waals surface area contributed by atoms with Crippen LogP contribution in [0.25, 0.3) is 0 Å². The summed E-state index contributed by atoms with van der Waals surface area (Å²) in [5.74, 6) is -1.88. The second-order valence-electron chi connectivity index (χ2n) is 2.59. The molecule has 0 fully saturated rings. The number of aryl methyl sites for hydroxylation is 1. The molecule has 0 amide bonds. The summed E-state index contributed by atoms with van der Waals surface area (Å²) >= 11 is 0. The van der Waals surface area contributed by atoms with Gasteiger partial charge in [-0.05, 0) is 0 Å². The van der Waals surface area contributed by atoms with Crippen LogP contribution < -0.4 is 11.2 Å². The van der Waals surface area contributed by atoms with Crippen LogP contribution >= 0.6 is 0 Å². The zero-order valence-electron chi connectivity index (χ0n) is 7.18. The van der Waals surface area contributed by atoms with Gasteiger partial charge in [-0.3, -0.25) is 4.79 Å². The summed E-state index contributed by atoms with van der Waals surface area (Å²) < 4.78 is 13.9. The molecule has 0 aliphatic heterocycles. The number of carboxylic acids is 1. The molecule has 1 aromatic heterocycles. The molecular formula is C7H7FN2O4. The molecule has 76 valence electrons. The Bertz CT molecular complexity index is 475. The van der Waals surface area contributed by atoms with Gasteiger partial charge in [-0.2, -0.15) is 0 Å². The van der Waals surface area contributed by atoms with Gasteiger partial charge in [-0.25, -0.2) is 18.5 Å². The zero-order valence-corrected chi connectivity index (χ0v) is 7.18. The SMILES string of the molecule is Cn1ccc(=O)n(C(F)C(=O)O)c1=O. The molecule has 0 spiro atoms. The number of aliphatic carboxylic acids is 1. The molecule has 1 atom stereocenters. The molecule has 7 heteroatoms. The van der Waals surface area contributed by atoms with Crippen LogP contribution in [0, 0.1) is 0 Å². The van der Waals surface area contributed by atoms with Crippen LogP contribution in [-0.4, -0.2) is 20.2 Å². The van der Waals surface area contributed by atoms with Crippen molar-refractivity contribution in [1.29, 1.82) is 0 Å².